The second-order valence-electron chi connectivity index (χ2n) is 7.27. The van der Waals surface area contributed by atoms with Crippen LogP contribution in [0, 0.1) is 11.8 Å². The van der Waals surface area contributed by atoms with Gasteiger partial charge in [0.05, 0.1) is 23.0 Å². The lowest BCUT2D eigenvalue weighted by Crippen LogP contribution is -2.34. The van der Waals surface area contributed by atoms with E-state index in [1.54, 1.807) is 18.3 Å². The second kappa shape index (κ2) is 7.32. The molecule has 0 amide bonds. The smallest absolute Gasteiger partial charge is 0.231 e. The van der Waals surface area contributed by atoms with Crippen molar-refractivity contribution >= 4 is 10.9 Å². The number of pyridine rings is 1. The third-order valence-electron chi connectivity index (χ3n) is 5.29. The van der Waals surface area contributed by atoms with Gasteiger partial charge in [0, 0.05) is 24.8 Å². The third kappa shape index (κ3) is 3.49. The molecule has 1 aromatic carbocycles. The first-order valence-electron chi connectivity index (χ1n) is 9.46. The zero-order valence-corrected chi connectivity index (χ0v) is 15.5. The van der Waals surface area contributed by atoms with Gasteiger partial charge in [-0.05, 0) is 43.1 Å². The molecule has 29 heavy (non-hydrogen) atoms. The molecule has 0 unspecified atom stereocenters. The lowest BCUT2D eigenvalue weighted by Gasteiger charge is -2.30. The molecule has 0 saturated carbocycles. The SMILES string of the molecule is Fc1ccc(CN2CCC[C@@H](c3nc(-c4ccc(F)c5cn[nH]c45)no3)C2)cn1. The standard InChI is InChI=1S/C20H18F2N6O/c21-16-5-4-14(18-15(16)9-24-26-18)19-25-20(29-27-19)13-2-1-7-28(11-13)10-12-3-6-17(22)23-8-12/h3-6,8-9,13H,1-2,7,10-11H2,(H,24,26)/t13-/m1/s1. The predicted molar refractivity (Wildman–Crippen MR) is 101 cm³/mol. The maximum Gasteiger partial charge on any atom is 0.231 e. The Morgan fingerprint density at radius 1 is 1.17 bits per heavy atom. The molecular weight excluding hydrogens is 378 g/mol. The summed E-state index contributed by atoms with van der Waals surface area (Å²) in [4.78, 5) is 10.6. The van der Waals surface area contributed by atoms with E-state index in [2.05, 4.69) is 30.2 Å². The number of nitrogens with zero attached hydrogens (tertiary/aromatic N) is 5. The summed E-state index contributed by atoms with van der Waals surface area (Å²) in [5.74, 6) is 0.263. The molecule has 4 aromatic rings. The highest BCUT2D eigenvalue weighted by atomic mass is 19.1. The fraction of sp³-hybridized carbons (Fsp3) is 0.300. The number of aromatic nitrogens is 5. The van der Waals surface area contributed by atoms with Crippen LogP contribution in [0.2, 0.25) is 0 Å². The van der Waals surface area contributed by atoms with E-state index >= 15 is 0 Å². The summed E-state index contributed by atoms with van der Waals surface area (Å²) >= 11 is 0. The number of nitrogens with one attached hydrogen (secondary N) is 1. The second-order valence-corrected chi connectivity index (χ2v) is 7.27. The van der Waals surface area contributed by atoms with Gasteiger partial charge in [0.15, 0.2) is 0 Å². The average molecular weight is 396 g/mol. The highest BCUT2D eigenvalue weighted by Gasteiger charge is 2.27. The molecule has 7 nitrogen and oxygen atoms in total. The minimum absolute atomic E-state index is 0.108. The molecule has 0 radical (unpaired) electrons. The summed E-state index contributed by atoms with van der Waals surface area (Å²) in [5, 5.41) is 11.2. The van der Waals surface area contributed by atoms with Gasteiger partial charge in [0.2, 0.25) is 17.7 Å². The summed E-state index contributed by atoms with van der Waals surface area (Å²) in [6.45, 7) is 2.40. The molecule has 3 aromatic heterocycles. The summed E-state index contributed by atoms with van der Waals surface area (Å²) in [6, 6.07) is 6.13. The lowest BCUT2D eigenvalue weighted by molar-refractivity contribution is 0.180. The Morgan fingerprint density at radius 3 is 2.97 bits per heavy atom. The van der Waals surface area contributed by atoms with E-state index < -0.39 is 5.95 Å². The number of hydrogen-bond donors (Lipinski definition) is 1. The van der Waals surface area contributed by atoms with Crippen LogP contribution in [0.4, 0.5) is 8.78 Å². The zero-order chi connectivity index (χ0) is 19.8. The van der Waals surface area contributed by atoms with Gasteiger partial charge in [-0.2, -0.15) is 14.5 Å². The largest absolute Gasteiger partial charge is 0.339 e. The van der Waals surface area contributed by atoms with Crippen molar-refractivity contribution in [3.8, 4) is 11.4 Å². The number of fused-ring (bicyclic) bond motifs is 1. The molecule has 1 aliphatic rings. The number of aromatic amines is 1. The van der Waals surface area contributed by atoms with Crippen molar-refractivity contribution in [2.45, 2.75) is 25.3 Å². The van der Waals surface area contributed by atoms with E-state index in [0.717, 1.165) is 31.5 Å². The van der Waals surface area contributed by atoms with Crippen molar-refractivity contribution in [1.82, 2.24) is 30.2 Å². The third-order valence-corrected chi connectivity index (χ3v) is 5.29. The number of piperidine rings is 1. The molecule has 1 saturated heterocycles. The van der Waals surface area contributed by atoms with Crippen LogP contribution in [0.15, 0.2) is 41.2 Å². The number of halogens is 2. The molecule has 1 aliphatic heterocycles. The van der Waals surface area contributed by atoms with E-state index in [1.807, 2.05) is 0 Å². The van der Waals surface area contributed by atoms with Crippen LogP contribution < -0.4 is 0 Å². The molecule has 5 rings (SSSR count). The molecular formula is C20H18F2N6O. The summed E-state index contributed by atoms with van der Waals surface area (Å²) < 4.78 is 32.5. The van der Waals surface area contributed by atoms with Crippen LogP contribution in [-0.2, 0) is 6.54 Å². The number of likely N-dealkylation sites (tertiary alicyclic amines) is 1. The van der Waals surface area contributed by atoms with E-state index in [9.17, 15) is 8.78 Å². The Morgan fingerprint density at radius 2 is 2.10 bits per heavy atom. The number of rotatable bonds is 4. The number of H-pyrrole nitrogens is 1. The lowest BCUT2D eigenvalue weighted by atomic mass is 9.97. The maximum atomic E-state index is 13.9. The van der Waals surface area contributed by atoms with Gasteiger partial charge in [0.25, 0.3) is 0 Å². The monoisotopic (exact) mass is 396 g/mol. The van der Waals surface area contributed by atoms with Gasteiger partial charge in [-0.3, -0.25) is 10.00 Å². The number of benzene rings is 1. The van der Waals surface area contributed by atoms with Gasteiger partial charge in [-0.25, -0.2) is 9.37 Å². The minimum atomic E-state index is -0.476. The first-order chi connectivity index (χ1) is 14.2. The highest BCUT2D eigenvalue weighted by molar-refractivity contribution is 5.91. The Labute approximate surface area is 164 Å². The molecule has 1 atom stereocenters. The quantitative estimate of drug-likeness (QED) is 0.530. The molecule has 9 heteroatoms. The van der Waals surface area contributed by atoms with E-state index in [1.165, 1.54) is 18.3 Å². The summed E-state index contributed by atoms with van der Waals surface area (Å²) in [5.41, 5.74) is 2.16. The fourth-order valence-corrected chi connectivity index (χ4v) is 3.86. The topological polar surface area (TPSA) is 83.7 Å². The highest BCUT2D eigenvalue weighted by Crippen LogP contribution is 2.31. The van der Waals surface area contributed by atoms with Gasteiger partial charge >= 0.3 is 0 Å². The Balaban J connectivity index is 1.35. The fourth-order valence-electron chi connectivity index (χ4n) is 3.86. The number of hydrogen-bond acceptors (Lipinski definition) is 6. The predicted octanol–water partition coefficient (Wildman–Crippen LogP) is 3.67. The summed E-state index contributed by atoms with van der Waals surface area (Å²) in [6.07, 6.45) is 4.95. The van der Waals surface area contributed by atoms with Crippen LogP contribution in [0.25, 0.3) is 22.3 Å². The van der Waals surface area contributed by atoms with Gasteiger partial charge in [-0.1, -0.05) is 11.2 Å². The van der Waals surface area contributed by atoms with Crippen LogP contribution in [-0.4, -0.2) is 43.3 Å². The summed E-state index contributed by atoms with van der Waals surface area (Å²) in [7, 11) is 0. The van der Waals surface area contributed by atoms with Crippen LogP contribution in [0.3, 0.4) is 0 Å². The Hall–Kier alpha value is -3.20. The van der Waals surface area contributed by atoms with Crippen molar-refractivity contribution in [2.75, 3.05) is 13.1 Å². The zero-order valence-electron chi connectivity index (χ0n) is 15.5. The van der Waals surface area contributed by atoms with Crippen molar-refractivity contribution in [3.63, 3.8) is 0 Å². The van der Waals surface area contributed by atoms with Gasteiger partial charge < -0.3 is 4.52 Å². The Kier molecular flexibility index (Phi) is 4.51. The van der Waals surface area contributed by atoms with Crippen molar-refractivity contribution in [3.05, 3.63) is 59.9 Å². The van der Waals surface area contributed by atoms with E-state index in [0.29, 0.717) is 34.7 Å². The maximum absolute atomic E-state index is 13.9. The minimum Gasteiger partial charge on any atom is -0.339 e. The normalized spacial score (nSPS) is 17.8. The van der Waals surface area contributed by atoms with Crippen molar-refractivity contribution in [2.24, 2.45) is 0 Å². The molecule has 0 aliphatic carbocycles. The Bertz CT molecular complexity index is 1140. The van der Waals surface area contributed by atoms with Crippen LogP contribution >= 0.6 is 0 Å². The van der Waals surface area contributed by atoms with Gasteiger partial charge in [-0.15, -0.1) is 0 Å². The molecule has 148 valence electrons. The van der Waals surface area contributed by atoms with E-state index in [4.69, 9.17) is 4.52 Å². The molecule has 1 fully saturated rings. The molecule has 0 spiro atoms. The van der Waals surface area contributed by atoms with Crippen LogP contribution in [0.1, 0.15) is 30.2 Å². The molecule has 4 heterocycles. The molecule has 0 bridgehead atoms. The first kappa shape index (κ1) is 17.9. The molecule has 1 N–H and O–H groups in total. The van der Waals surface area contributed by atoms with Gasteiger partial charge in [0.1, 0.15) is 5.82 Å². The van der Waals surface area contributed by atoms with Crippen LogP contribution in [0.5, 0.6) is 0 Å². The average Bonchev–Trinajstić information content (AvgIpc) is 3.41. The van der Waals surface area contributed by atoms with Crippen molar-refractivity contribution < 1.29 is 13.3 Å². The van der Waals surface area contributed by atoms with E-state index in [-0.39, 0.29) is 11.7 Å². The first-order valence-corrected chi connectivity index (χ1v) is 9.46. The van der Waals surface area contributed by atoms with Crippen molar-refractivity contribution in [1.29, 1.82) is 0 Å².